The number of rotatable bonds is 1. The van der Waals surface area contributed by atoms with Crippen LogP contribution in [0.4, 0.5) is 5.95 Å². The number of nitrogens with two attached hydrogens (primary N) is 1. The van der Waals surface area contributed by atoms with Crippen molar-refractivity contribution < 1.29 is 5.11 Å². The van der Waals surface area contributed by atoms with E-state index in [1.807, 2.05) is 10.6 Å². The first-order valence-corrected chi connectivity index (χ1v) is 6.23. The zero-order chi connectivity index (χ0) is 11.8. The van der Waals surface area contributed by atoms with Crippen molar-refractivity contribution >= 4 is 17.0 Å². The third kappa shape index (κ3) is 1.64. The Morgan fingerprint density at radius 1 is 1.24 bits per heavy atom. The van der Waals surface area contributed by atoms with Gasteiger partial charge in [0.05, 0.1) is 5.52 Å². The highest BCUT2D eigenvalue weighted by atomic mass is 16.3. The summed E-state index contributed by atoms with van der Waals surface area (Å²) in [6.45, 7) is 0. The Hall–Kier alpha value is -1.71. The topological polar surface area (TPSA) is 64.1 Å². The average Bonchev–Trinajstić information content (AvgIpc) is 2.68. The van der Waals surface area contributed by atoms with Crippen LogP contribution in [0, 0.1) is 0 Å². The van der Waals surface area contributed by atoms with Crippen LogP contribution >= 0.6 is 0 Å². The first kappa shape index (κ1) is 10.4. The lowest BCUT2D eigenvalue weighted by molar-refractivity contribution is 0.360. The van der Waals surface area contributed by atoms with Crippen molar-refractivity contribution in [1.82, 2.24) is 9.55 Å². The van der Waals surface area contributed by atoms with Gasteiger partial charge in [0.25, 0.3) is 0 Å². The summed E-state index contributed by atoms with van der Waals surface area (Å²) in [7, 11) is 0. The predicted molar refractivity (Wildman–Crippen MR) is 67.9 cm³/mol. The first-order chi connectivity index (χ1) is 8.27. The molecule has 0 atom stereocenters. The van der Waals surface area contributed by atoms with E-state index in [1.54, 1.807) is 12.1 Å². The maximum Gasteiger partial charge on any atom is 0.201 e. The van der Waals surface area contributed by atoms with Gasteiger partial charge in [-0.3, -0.25) is 0 Å². The third-order valence-electron chi connectivity index (χ3n) is 3.66. The number of fused-ring (bicyclic) bond motifs is 1. The van der Waals surface area contributed by atoms with Crippen LogP contribution in [0.2, 0.25) is 0 Å². The number of phenolic OH excluding ortho intramolecular Hbond substituents is 1. The van der Waals surface area contributed by atoms with Gasteiger partial charge in [-0.15, -0.1) is 0 Å². The van der Waals surface area contributed by atoms with Crippen molar-refractivity contribution in [3.8, 4) is 5.75 Å². The number of aromatic nitrogens is 2. The standard InChI is InChI=1S/C13H17N3O/c14-13-15-10-7-4-8-11(17)12(10)16(13)9-5-2-1-3-6-9/h4,7-9,17H,1-3,5-6H2,(H2,14,15). The number of nitrogen functional groups attached to an aromatic ring is 1. The molecule has 1 fully saturated rings. The number of imidazole rings is 1. The lowest BCUT2D eigenvalue weighted by Crippen LogP contribution is -2.14. The highest BCUT2D eigenvalue weighted by Gasteiger charge is 2.21. The Morgan fingerprint density at radius 3 is 2.76 bits per heavy atom. The van der Waals surface area contributed by atoms with Crippen molar-refractivity contribution in [3.63, 3.8) is 0 Å². The Bertz CT molecular complexity index is 541. The number of para-hydroxylation sites is 1. The van der Waals surface area contributed by atoms with E-state index in [4.69, 9.17) is 5.73 Å². The maximum absolute atomic E-state index is 9.98. The van der Waals surface area contributed by atoms with Gasteiger partial charge in [-0.05, 0) is 25.0 Å². The molecule has 1 saturated carbocycles. The molecule has 17 heavy (non-hydrogen) atoms. The fourth-order valence-corrected chi connectivity index (χ4v) is 2.86. The fraction of sp³-hybridized carbons (Fsp3) is 0.462. The monoisotopic (exact) mass is 231 g/mol. The minimum Gasteiger partial charge on any atom is -0.506 e. The van der Waals surface area contributed by atoms with E-state index in [-0.39, 0.29) is 5.75 Å². The van der Waals surface area contributed by atoms with Gasteiger partial charge in [0.1, 0.15) is 11.3 Å². The summed E-state index contributed by atoms with van der Waals surface area (Å²) in [6, 6.07) is 5.78. The van der Waals surface area contributed by atoms with Gasteiger partial charge in [0.15, 0.2) is 0 Å². The molecule has 0 aliphatic heterocycles. The van der Waals surface area contributed by atoms with Crippen LogP contribution in [0.25, 0.3) is 11.0 Å². The Kier molecular flexibility index (Phi) is 2.42. The predicted octanol–water partition coefficient (Wildman–Crippen LogP) is 2.83. The van der Waals surface area contributed by atoms with Crippen LogP contribution in [0.5, 0.6) is 5.75 Å². The van der Waals surface area contributed by atoms with Gasteiger partial charge in [0.2, 0.25) is 5.95 Å². The van der Waals surface area contributed by atoms with Crippen LogP contribution in [0.3, 0.4) is 0 Å². The van der Waals surface area contributed by atoms with Gasteiger partial charge in [-0.25, -0.2) is 4.98 Å². The van der Waals surface area contributed by atoms with Crippen LogP contribution in [-0.2, 0) is 0 Å². The molecule has 4 heteroatoms. The molecule has 0 bridgehead atoms. The van der Waals surface area contributed by atoms with E-state index in [2.05, 4.69) is 4.98 Å². The van der Waals surface area contributed by atoms with E-state index in [9.17, 15) is 5.11 Å². The van der Waals surface area contributed by atoms with Gasteiger partial charge in [-0.2, -0.15) is 0 Å². The summed E-state index contributed by atoms with van der Waals surface area (Å²) < 4.78 is 2.02. The first-order valence-electron chi connectivity index (χ1n) is 6.23. The second-order valence-corrected chi connectivity index (χ2v) is 4.78. The van der Waals surface area contributed by atoms with Crippen molar-refractivity contribution in [2.45, 2.75) is 38.1 Å². The van der Waals surface area contributed by atoms with Gasteiger partial charge in [0, 0.05) is 6.04 Å². The van der Waals surface area contributed by atoms with E-state index >= 15 is 0 Å². The zero-order valence-electron chi connectivity index (χ0n) is 9.76. The van der Waals surface area contributed by atoms with Gasteiger partial charge >= 0.3 is 0 Å². The highest BCUT2D eigenvalue weighted by Crippen LogP contribution is 2.36. The number of aromatic hydroxyl groups is 1. The number of hydrogen-bond donors (Lipinski definition) is 2. The van der Waals surface area contributed by atoms with E-state index in [0.29, 0.717) is 12.0 Å². The molecule has 1 aliphatic rings. The zero-order valence-corrected chi connectivity index (χ0v) is 9.76. The molecule has 0 amide bonds. The minimum atomic E-state index is 0.275. The molecule has 1 aromatic carbocycles. The molecule has 1 aliphatic carbocycles. The summed E-state index contributed by atoms with van der Waals surface area (Å²) in [4.78, 5) is 4.33. The van der Waals surface area contributed by atoms with E-state index in [1.165, 1.54) is 19.3 Å². The Labute approximate surface area is 100 Å². The second kappa shape index (κ2) is 3.95. The largest absolute Gasteiger partial charge is 0.506 e. The van der Waals surface area contributed by atoms with E-state index < -0.39 is 0 Å². The summed E-state index contributed by atoms with van der Waals surface area (Å²) in [5, 5.41) is 9.98. The lowest BCUT2D eigenvalue weighted by Gasteiger charge is -2.24. The number of benzene rings is 1. The summed E-state index contributed by atoms with van der Waals surface area (Å²) in [5.41, 5.74) is 7.57. The normalized spacial score (nSPS) is 17.6. The Morgan fingerprint density at radius 2 is 2.00 bits per heavy atom. The van der Waals surface area contributed by atoms with Crippen molar-refractivity contribution in [3.05, 3.63) is 18.2 Å². The van der Waals surface area contributed by atoms with Crippen LogP contribution in [0.1, 0.15) is 38.1 Å². The molecule has 3 N–H and O–H groups in total. The smallest absolute Gasteiger partial charge is 0.201 e. The molecule has 2 aromatic rings. The van der Waals surface area contributed by atoms with Gasteiger partial charge in [-0.1, -0.05) is 25.3 Å². The average molecular weight is 231 g/mol. The molecule has 3 rings (SSSR count). The molecule has 0 spiro atoms. The molecular formula is C13H17N3O. The van der Waals surface area contributed by atoms with Gasteiger partial charge < -0.3 is 15.4 Å². The van der Waals surface area contributed by atoms with Crippen molar-refractivity contribution in [2.75, 3.05) is 5.73 Å². The van der Waals surface area contributed by atoms with E-state index in [0.717, 1.165) is 23.9 Å². The molecule has 0 radical (unpaired) electrons. The summed E-state index contributed by atoms with van der Waals surface area (Å²) in [5.74, 6) is 0.797. The van der Waals surface area contributed by atoms with Crippen LogP contribution < -0.4 is 5.73 Å². The van der Waals surface area contributed by atoms with Crippen molar-refractivity contribution in [2.24, 2.45) is 0 Å². The number of anilines is 1. The third-order valence-corrected chi connectivity index (χ3v) is 3.66. The molecular weight excluding hydrogens is 214 g/mol. The molecule has 0 unspecified atom stereocenters. The maximum atomic E-state index is 9.98. The van der Waals surface area contributed by atoms with Crippen LogP contribution in [0.15, 0.2) is 18.2 Å². The number of hydrogen-bond acceptors (Lipinski definition) is 3. The second-order valence-electron chi connectivity index (χ2n) is 4.78. The number of phenols is 1. The molecule has 1 heterocycles. The quantitative estimate of drug-likeness (QED) is 0.793. The highest BCUT2D eigenvalue weighted by molar-refractivity contribution is 5.84. The molecule has 1 aromatic heterocycles. The fourth-order valence-electron chi connectivity index (χ4n) is 2.86. The van der Waals surface area contributed by atoms with Crippen molar-refractivity contribution in [1.29, 1.82) is 0 Å². The molecule has 90 valence electrons. The lowest BCUT2D eigenvalue weighted by atomic mass is 9.95. The summed E-state index contributed by atoms with van der Waals surface area (Å²) in [6.07, 6.45) is 6.03. The van der Waals surface area contributed by atoms with Crippen LogP contribution in [-0.4, -0.2) is 14.7 Å². The summed E-state index contributed by atoms with van der Waals surface area (Å²) >= 11 is 0. The number of nitrogens with zero attached hydrogens (tertiary/aromatic N) is 2. The Balaban J connectivity index is 2.16. The minimum absolute atomic E-state index is 0.275. The molecule has 4 nitrogen and oxygen atoms in total. The molecule has 0 saturated heterocycles. The SMILES string of the molecule is Nc1nc2cccc(O)c2n1C1CCCCC1.